The lowest BCUT2D eigenvalue weighted by molar-refractivity contribution is 0.0976. The van der Waals surface area contributed by atoms with Crippen LogP contribution in [-0.2, 0) is 10.0 Å². The fourth-order valence-corrected chi connectivity index (χ4v) is 4.56. The van der Waals surface area contributed by atoms with Crippen LogP contribution in [0.15, 0.2) is 29.2 Å². The van der Waals surface area contributed by atoms with E-state index in [9.17, 15) is 13.2 Å². The van der Waals surface area contributed by atoms with E-state index in [1.54, 1.807) is 25.1 Å². The third kappa shape index (κ3) is 3.31. The van der Waals surface area contributed by atoms with E-state index in [0.29, 0.717) is 5.56 Å². The molecule has 24 heavy (non-hydrogen) atoms. The molecule has 3 N–H and O–H groups in total. The van der Waals surface area contributed by atoms with Crippen LogP contribution in [0.3, 0.4) is 0 Å². The molecule has 3 rings (SSSR count). The zero-order valence-corrected chi connectivity index (χ0v) is 14.5. The van der Waals surface area contributed by atoms with Crippen molar-refractivity contribution in [1.82, 2.24) is 20.2 Å². The van der Waals surface area contributed by atoms with Crippen LogP contribution < -0.4 is 10.0 Å². The Balaban J connectivity index is 1.81. The number of H-pyrrole nitrogens is 1. The highest BCUT2D eigenvalue weighted by Gasteiger charge is 2.26. The number of aromatic nitrogens is 2. The molecule has 1 saturated heterocycles. The van der Waals surface area contributed by atoms with Crippen LogP contribution in [0.2, 0.25) is 5.02 Å². The summed E-state index contributed by atoms with van der Waals surface area (Å²) in [6.45, 7) is 2.52. The van der Waals surface area contributed by atoms with E-state index in [0.717, 1.165) is 25.1 Å². The van der Waals surface area contributed by atoms with Gasteiger partial charge in [0.15, 0.2) is 5.69 Å². The van der Waals surface area contributed by atoms with Gasteiger partial charge in [-0.05, 0) is 44.0 Å². The highest BCUT2D eigenvalue weighted by molar-refractivity contribution is 7.90. The summed E-state index contributed by atoms with van der Waals surface area (Å²) in [5.41, 5.74) is 1.25. The van der Waals surface area contributed by atoms with Crippen LogP contribution in [0, 0.1) is 6.92 Å². The van der Waals surface area contributed by atoms with Gasteiger partial charge in [0.25, 0.3) is 15.9 Å². The minimum Gasteiger partial charge on any atom is -0.309 e. The normalized spacial score (nSPS) is 17.8. The molecule has 7 nitrogen and oxygen atoms in total. The number of sulfonamides is 1. The summed E-state index contributed by atoms with van der Waals surface area (Å²) in [5, 5.41) is 10.0. The van der Waals surface area contributed by atoms with E-state index in [2.05, 4.69) is 15.5 Å². The molecular weight excluding hydrogens is 352 g/mol. The average molecular weight is 369 g/mol. The summed E-state index contributed by atoms with van der Waals surface area (Å²) >= 11 is 5.97. The van der Waals surface area contributed by atoms with E-state index in [1.807, 2.05) is 4.72 Å². The highest BCUT2D eigenvalue weighted by Crippen LogP contribution is 2.25. The standard InChI is InChI=1S/C15H17ClN4O3S/c1-9-4-2-5-10(16)14(9)24(22,23)20-15(21)13-8-12(18-19-13)11-6-3-7-17-11/h2,4-5,8,11,17H,3,6-7H2,1H3,(H,18,19)(H,20,21). The lowest BCUT2D eigenvalue weighted by Crippen LogP contribution is -2.31. The van der Waals surface area contributed by atoms with Crippen molar-refractivity contribution in [2.75, 3.05) is 6.54 Å². The lowest BCUT2D eigenvalue weighted by Gasteiger charge is -2.10. The number of hydrogen-bond donors (Lipinski definition) is 3. The largest absolute Gasteiger partial charge is 0.309 e. The molecule has 1 aliphatic rings. The maximum absolute atomic E-state index is 12.5. The van der Waals surface area contributed by atoms with Gasteiger partial charge in [-0.25, -0.2) is 13.1 Å². The van der Waals surface area contributed by atoms with Crippen LogP contribution in [0.1, 0.15) is 40.6 Å². The van der Waals surface area contributed by atoms with Gasteiger partial charge in [-0.3, -0.25) is 9.89 Å². The Morgan fingerprint density at radius 3 is 2.88 bits per heavy atom. The summed E-state index contributed by atoms with van der Waals surface area (Å²) in [5.74, 6) is -0.796. The second kappa shape index (κ2) is 6.54. The molecule has 1 aromatic heterocycles. The molecule has 9 heteroatoms. The summed E-state index contributed by atoms with van der Waals surface area (Å²) in [6.07, 6.45) is 1.99. The van der Waals surface area contributed by atoms with Gasteiger partial charge in [-0.1, -0.05) is 23.7 Å². The zero-order valence-electron chi connectivity index (χ0n) is 13.0. The Kier molecular flexibility index (Phi) is 4.62. The number of carbonyl (C=O) groups excluding carboxylic acids is 1. The second-order valence-corrected chi connectivity index (χ2v) is 7.70. The first-order valence-corrected chi connectivity index (χ1v) is 9.35. The Bertz CT molecular complexity index is 852. The van der Waals surface area contributed by atoms with Crippen LogP contribution in [-0.4, -0.2) is 31.1 Å². The quantitative estimate of drug-likeness (QED) is 0.764. The van der Waals surface area contributed by atoms with Crippen molar-refractivity contribution in [2.24, 2.45) is 0 Å². The van der Waals surface area contributed by atoms with Gasteiger partial charge in [0, 0.05) is 6.04 Å². The summed E-state index contributed by atoms with van der Waals surface area (Å²) in [7, 11) is -4.08. The summed E-state index contributed by atoms with van der Waals surface area (Å²) in [4.78, 5) is 12.1. The molecule has 128 valence electrons. The third-order valence-corrected chi connectivity index (χ3v) is 5.89. The van der Waals surface area contributed by atoms with Crippen molar-refractivity contribution < 1.29 is 13.2 Å². The van der Waals surface area contributed by atoms with Gasteiger partial charge in [0.2, 0.25) is 0 Å². The Hall–Kier alpha value is -1.90. The van der Waals surface area contributed by atoms with Gasteiger partial charge >= 0.3 is 0 Å². The lowest BCUT2D eigenvalue weighted by atomic mass is 10.1. The van der Waals surface area contributed by atoms with E-state index < -0.39 is 15.9 Å². The molecule has 1 aromatic carbocycles. The maximum Gasteiger partial charge on any atom is 0.285 e. The first-order valence-electron chi connectivity index (χ1n) is 7.49. The van der Waals surface area contributed by atoms with E-state index >= 15 is 0 Å². The molecule has 0 aliphatic carbocycles. The minimum absolute atomic E-state index is 0.0204. The predicted octanol–water partition coefficient (Wildman–Crippen LogP) is 1.91. The second-order valence-electron chi connectivity index (χ2n) is 5.68. The minimum atomic E-state index is -4.08. The molecule has 1 aliphatic heterocycles. The van der Waals surface area contributed by atoms with Gasteiger partial charge in [0.1, 0.15) is 4.90 Å². The van der Waals surface area contributed by atoms with Crippen LogP contribution in [0.5, 0.6) is 0 Å². The van der Waals surface area contributed by atoms with Crippen LogP contribution in [0.4, 0.5) is 0 Å². The molecule has 0 spiro atoms. The summed E-state index contributed by atoms with van der Waals surface area (Å²) < 4.78 is 26.9. The first kappa shape index (κ1) is 16.9. The molecule has 1 amide bonds. The van der Waals surface area contributed by atoms with Gasteiger partial charge in [-0.2, -0.15) is 5.10 Å². The van der Waals surface area contributed by atoms with Crippen molar-refractivity contribution in [1.29, 1.82) is 0 Å². The fraction of sp³-hybridized carbons (Fsp3) is 0.333. The molecule has 1 atom stereocenters. The number of aromatic amines is 1. The smallest absolute Gasteiger partial charge is 0.285 e. The van der Waals surface area contributed by atoms with E-state index in [4.69, 9.17) is 11.6 Å². The predicted molar refractivity (Wildman–Crippen MR) is 89.4 cm³/mol. The number of nitrogens with zero attached hydrogens (tertiary/aromatic N) is 1. The zero-order chi connectivity index (χ0) is 17.3. The summed E-state index contributed by atoms with van der Waals surface area (Å²) in [6, 6.07) is 6.40. The number of carbonyl (C=O) groups is 1. The van der Waals surface area contributed by atoms with Crippen LogP contribution in [0.25, 0.3) is 0 Å². The Morgan fingerprint density at radius 1 is 1.42 bits per heavy atom. The van der Waals surface area contributed by atoms with Gasteiger partial charge < -0.3 is 5.32 Å². The fourth-order valence-electron chi connectivity index (χ4n) is 2.76. The molecule has 2 heterocycles. The molecule has 2 aromatic rings. The molecule has 1 unspecified atom stereocenters. The monoisotopic (exact) mass is 368 g/mol. The van der Waals surface area contributed by atoms with Gasteiger partial charge in [0.05, 0.1) is 10.7 Å². The average Bonchev–Trinajstić information content (AvgIpc) is 3.17. The van der Waals surface area contributed by atoms with Crippen LogP contribution >= 0.6 is 11.6 Å². The van der Waals surface area contributed by atoms with Crippen molar-refractivity contribution in [2.45, 2.75) is 30.7 Å². The number of amides is 1. The maximum atomic E-state index is 12.5. The Morgan fingerprint density at radius 2 is 2.21 bits per heavy atom. The SMILES string of the molecule is Cc1cccc(Cl)c1S(=O)(=O)NC(=O)c1cc(C2CCCN2)[nH]n1. The number of nitrogens with one attached hydrogen (secondary N) is 3. The first-order chi connectivity index (χ1) is 11.4. The highest BCUT2D eigenvalue weighted by atomic mass is 35.5. The van der Waals surface area contributed by atoms with Crippen molar-refractivity contribution in [3.05, 3.63) is 46.2 Å². The molecule has 0 radical (unpaired) electrons. The molecule has 0 bridgehead atoms. The molecule has 0 saturated carbocycles. The number of rotatable bonds is 4. The number of aryl methyl sites for hydroxylation is 1. The molecular formula is C15H17ClN4O3S. The number of hydrogen-bond acceptors (Lipinski definition) is 5. The molecule has 1 fully saturated rings. The third-order valence-electron chi connectivity index (χ3n) is 3.93. The van der Waals surface area contributed by atoms with Crippen molar-refractivity contribution >= 4 is 27.5 Å². The van der Waals surface area contributed by atoms with Gasteiger partial charge in [-0.15, -0.1) is 0 Å². The Labute approximate surface area is 144 Å². The van der Waals surface area contributed by atoms with Crippen molar-refractivity contribution in [3.63, 3.8) is 0 Å². The van der Waals surface area contributed by atoms with Crippen molar-refractivity contribution in [3.8, 4) is 0 Å². The number of halogens is 1. The van der Waals surface area contributed by atoms with E-state index in [-0.39, 0.29) is 21.7 Å². The topological polar surface area (TPSA) is 104 Å². The number of benzene rings is 1. The van der Waals surface area contributed by atoms with E-state index in [1.165, 1.54) is 6.07 Å².